The lowest BCUT2D eigenvalue weighted by Gasteiger charge is -2.20. The zero-order valence-electron chi connectivity index (χ0n) is 15.6. The molecule has 0 aliphatic heterocycles. The van der Waals surface area contributed by atoms with Crippen LogP contribution in [0.4, 0.5) is 16.3 Å². The van der Waals surface area contributed by atoms with E-state index < -0.39 is 11.7 Å². The highest BCUT2D eigenvalue weighted by Crippen LogP contribution is 2.27. The molecule has 0 spiro atoms. The fourth-order valence-electron chi connectivity index (χ4n) is 2.25. The SMILES string of the molecule is CC(=O)Nc1cc(NC(=O)OC(C)(C)C)c(OCC2=CCCC=C2)cn1. The van der Waals surface area contributed by atoms with Crippen molar-refractivity contribution >= 4 is 23.5 Å². The highest BCUT2D eigenvalue weighted by atomic mass is 16.6. The van der Waals surface area contributed by atoms with Gasteiger partial charge >= 0.3 is 6.09 Å². The lowest BCUT2D eigenvalue weighted by atomic mass is 10.1. The molecule has 2 amide bonds. The number of ether oxygens (including phenoxy) is 2. The van der Waals surface area contributed by atoms with Crippen LogP contribution < -0.4 is 15.4 Å². The van der Waals surface area contributed by atoms with Crippen molar-refractivity contribution in [3.8, 4) is 5.75 Å². The number of anilines is 2. The number of pyridine rings is 1. The molecule has 140 valence electrons. The van der Waals surface area contributed by atoms with Gasteiger partial charge in [-0.3, -0.25) is 10.1 Å². The van der Waals surface area contributed by atoms with Crippen LogP contribution in [-0.2, 0) is 9.53 Å². The molecule has 0 saturated heterocycles. The number of hydrogen-bond donors (Lipinski definition) is 2. The number of carbonyl (C=O) groups is 2. The summed E-state index contributed by atoms with van der Waals surface area (Å²) in [4.78, 5) is 27.5. The van der Waals surface area contributed by atoms with Crippen molar-refractivity contribution in [1.82, 2.24) is 4.98 Å². The molecule has 1 heterocycles. The van der Waals surface area contributed by atoms with Crippen LogP contribution in [0.5, 0.6) is 5.75 Å². The van der Waals surface area contributed by atoms with E-state index in [9.17, 15) is 9.59 Å². The summed E-state index contributed by atoms with van der Waals surface area (Å²) in [6, 6.07) is 1.53. The minimum absolute atomic E-state index is 0.258. The molecule has 26 heavy (non-hydrogen) atoms. The lowest BCUT2D eigenvalue weighted by Crippen LogP contribution is -2.27. The number of hydrogen-bond acceptors (Lipinski definition) is 5. The van der Waals surface area contributed by atoms with Crippen molar-refractivity contribution in [3.63, 3.8) is 0 Å². The van der Waals surface area contributed by atoms with E-state index in [1.165, 1.54) is 19.2 Å². The molecule has 1 aromatic heterocycles. The second-order valence-electron chi connectivity index (χ2n) is 6.92. The first-order valence-corrected chi connectivity index (χ1v) is 8.49. The van der Waals surface area contributed by atoms with Gasteiger partial charge in [0.2, 0.25) is 5.91 Å². The van der Waals surface area contributed by atoms with Gasteiger partial charge in [-0.05, 0) is 39.2 Å². The molecular formula is C19H25N3O4. The molecular weight excluding hydrogens is 334 g/mol. The molecule has 1 aromatic rings. The molecule has 7 nitrogen and oxygen atoms in total. The van der Waals surface area contributed by atoms with Gasteiger partial charge in [-0.15, -0.1) is 0 Å². The molecule has 0 atom stereocenters. The molecule has 2 rings (SSSR count). The van der Waals surface area contributed by atoms with Crippen LogP contribution in [0, 0.1) is 0 Å². The minimum Gasteiger partial charge on any atom is -0.485 e. The van der Waals surface area contributed by atoms with Gasteiger partial charge in [0.15, 0.2) is 5.75 Å². The van der Waals surface area contributed by atoms with Gasteiger partial charge in [-0.1, -0.05) is 18.2 Å². The Morgan fingerprint density at radius 3 is 2.62 bits per heavy atom. The van der Waals surface area contributed by atoms with E-state index in [0.29, 0.717) is 23.9 Å². The van der Waals surface area contributed by atoms with Gasteiger partial charge in [0.25, 0.3) is 0 Å². The van der Waals surface area contributed by atoms with Crippen LogP contribution in [0.2, 0.25) is 0 Å². The van der Waals surface area contributed by atoms with E-state index in [2.05, 4.69) is 27.8 Å². The van der Waals surface area contributed by atoms with E-state index in [0.717, 1.165) is 18.4 Å². The number of nitrogens with zero attached hydrogens (tertiary/aromatic N) is 1. The van der Waals surface area contributed by atoms with Crippen molar-refractivity contribution in [2.75, 3.05) is 17.2 Å². The van der Waals surface area contributed by atoms with Crippen LogP contribution >= 0.6 is 0 Å². The van der Waals surface area contributed by atoms with Crippen LogP contribution in [0.25, 0.3) is 0 Å². The molecule has 0 fully saturated rings. The Hall–Kier alpha value is -2.83. The van der Waals surface area contributed by atoms with E-state index in [-0.39, 0.29) is 5.91 Å². The second-order valence-corrected chi connectivity index (χ2v) is 6.92. The maximum atomic E-state index is 12.1. The van der Waals surface area contributed by atoms with Gasteiger partial charge < -0.3 is 14.8 Å². The predicted octanol–water partition coefficient (Wildman–Crippen LogP) is 4.04. The van der Waals surface area contributed by atoms with Crippen molar-refractivity contribution in [2.24, 2.45) is 0 Å². The Morgan fingerprint density at radius 1 is 1.23 bits per heavy atom. The zero-order valence-corrected chi connectivity index (χ0v) is 15.6. The number of rotatable bonds is 5. The molecule has 1 aliphatic carbocycles. The Labute approximate surface area is 153 Å². The Balaban J connectivity index is 2.16. The third-order valence-electron chi connectivity index (χ3n) is 3.27. The van der Waals surface area contributed by atoms with Crippen LogP contribution in [0.3, 0.4) is 0 Å². The third-order valence-corrected chi connectivity index (χ3v) is 3.27. The average molecular weight is 359 g/mol. The van der Waals surface area contributed by atoms with Crippen molar-refractivity contribution in [3.05, 3.63) is 36.1 Å². The molecule has 2 N–H and O–H groups in total. The topological polar surface area (TPSA) is 89.6 Å². The molecule has 0 radical (unpaired) electrons. The largest absolute Gasteiger partial charge is 0.485 e. The lowest BCUT2D eigenvalue weighted by molar-refractivity contribution is -0.114. The van der Waals surface area contributed by atoms with E-state index >= 15 is 0 Å². The smallest absolute Gasteiger partial charge is 0.412 e. The number of amides is 2. The van der Waals surface area contributed by atoms with Gasteiger partial charge in [0, 0.05) is 13.0 Å². The number of nitrogens with one attached hydrogen (secondary N) is 2. The van der Waals surface area contributed by atoms with E-state index in [1.807, 2.05) is 6.08 Å². The highest BCUT2D eigenvalue weighted by molar-refractivity contribution is 5.91. The standard InChI is InChI=1S/C19H25N3O4/c1-13(23)21-17-10-15(22-18(24)26-19(2,3)4)16(11-20-17)25-12-14-8-6-5-7-9-14/h6,8-11H,5,7,12H2,1-4H3,(H2,20,21,22,23,24). The number of carbonyl (C=O) groups excluding carboxylic acids is 2. The summed E-state index contributed by atoms with van der Waals surface area (Å²) < 4.78 is 11.1. The van der Waals surface area contributed by atoms with E-state index in [4.69, 9.17) is 9.47 Å². The Kier molecular flexibility index (Phi) is 6.38. The van der Waals surface area contributed by atoms with Gasteiger partial charge in [-0.25, -0.2) is 9.78 Å². The van der Waals surface area contributed by atoms with Gasteiger partial charge in [0.05, 0.1) is 11.9 Å². The summed E-state index contributed by atoms with van der Waals surface area (Å²) in [6.07, 6.45) is 9.09. The summed E-state index contributed by atoms with van der Waals surface area (Å²) in [6.45, 7) is 7.08. The zero-order chi connectivity index (χ0) is 19.2. The van der Waals surface area contributed by atoms with Crippen molar-refractivity contribution < 1.29 is 19.1 Å². The number of aromatic nitrogens is 1. The average Bonchev–Trinajstić information content (AvgIpc) is 2.52. The summed E-state index contributed by atoms with van der Waals surface area (Å²) in [7, 11) is 0. The summed E-state index contributed by atoms with van der Waals surface area (Å²) in [5.41, 5.74) is 0.805. The molecule has 0 saturated carbocycles. The minimum atomic E-state index is -0.629. The summed E-state index contributed by atoms with van der Waals surface area (Å²) in [5, 5.41) is 5.23. The summed E-state index contributed by atoms with van der Waals surface area (Å²) in [5.74, 6) is 0.449. The van der Waals surface area contributed by atoms with Crippen molar-refractivity contribution in [2.45, 2.75) is 46.1 Å². The van der Waals surface area contributed by atoms with Crippen LogP contribution in [0.15, 0.2) is 36.1 Å². The molecule has 0 unspecified atom stereocenters. The highest BCUT2D eigenvalue weighted by Gasteiger charge is 2.18. The van der Waals surface area contributed by atoms with Gasteiger partial charge in [0.1, 0.15) is 18.0 Å². The van der Waals surface area contributed by atoms with Crippen LogP contribution in [-0.4, -0.2) is 29.2 Å². The first-order valence-electron chi connectivity index (χ1n) is 8.49. The Morgan fingerprint density at radius 2 is 2.00 bits per heavy atom. The first kappa shape index (κ1) is 19.5. The summed E-state index contributed by atoms with van der Waals surface area (Å²) >= 11 is 0. The van der Waals surface area contributed by atoms with E-state index in [1.54, 1.807) is 20.8 Å². The maximum Gasteiger partial charge on any atom is 0.412 e. The predicted molar refractivity (Wildman–Crippen MR) is 100 cm³/mol. The molecule has 1 aliphatic rings. The molecule has 7 heteroatoms. The normalized spacial score (nSPS) is 13.6. The molecule has 0 aromatic carbocycles. The first-order chi connectivity index (χ1) is 12.2. The number of allylic oxidation sites excluding steroid dienone is 2. The molecule has 0 bridgehead atoms. The third kappa shape index (κ3) is 6.58. The quantitative estimate of drug-likeness (QED) is 0.828. The van der Waals surface area contributed by atoms with Crippen LogP contribution in [0.1, 0.15) is 40.5 Å². The van der Waals surface area contributed by atoms with Crippen molar-refractivity contribution in [1.29, 1.82) is 0 Å². The fourth-order valence-corrected chi connectivity index (χ4v) is 2.25. The maximum absolute atomic E-state index is 12.1. The van der Waals surface area contributed by atoms with Gasteiger partial charge in [-0.2, -0.15) is 0 Å². The monoisotopic (exact) mass is 359 g/mol. The second kappa shape index (κ2) is 8.51. The Bertz CT molecular complexity index is 733. The fraction of sp³-hybridized carbons (Fsp3) is 0.421.